The molecule has 220 valence electrons. The van der Waals surface area contributed by atoms with E-state index < -0.39 is 11.6 Å². The number of nitrogens with zero attached hydrogens (tertiary/aromatic N) is 4. The van der Waals surface area contributed by atoms with Crippen molar-refractivity contribution in [2.45, 2.75) is 25.8 Å². The van der Waals surface area contributed by atoms with Crippen molar-refractivity contribution in [2.75, 3.05) is 37.5 Å². The van der Waals surface area contributed by atoms with Gasteiger partial charge in [0.15, 0.2) is 0 Å². The van der Waals surface area contributed by atoms with Crippen molar-refractivity contribution in [3.8, 4) is 28.6 Å². The van der Waals surface area contributed by atoms with E-state index in [1.54, 1.807) is 31.0 Å². The third kappa shape index (κ3) is 4.96. The summed E-state index contributed by atoms with van der Waals surface area (Å²) in [5, 5.41) is 15.1. The summed E-state index contributed by atoms with van der Waals surface area (Å²) >= 11 is 0. The molecule has 2 fully saturated rings. The van der Waals surface area contributed by atoms with Crippen molar-refractivity contribution in [3.63, 3.8) is 0 Å². The average Bonchev–Trinajstić information content (AvgIpc) is 3.52. The molecule has 0 atom stereocenters. The van der Waals surface area contributed by atoms with E-state index in [2.05, 4.69) is 20.2 Å². The van der Waals surface area contributed by atoms with E-state index in [4.69, 9.17) is 9.47 Å². The largest absolute Gasteiger partial charge is 0.497 e. The van der Waals surface area contributed by atoms with Crippen LogP contribution in [0, 0.1) is 17.0 Å². The molecule has 43 heavy (non-hydrogen) atoms. The van der Waals surface area contributed by atoms with Gasteiger partial charge in [0.1, 0.15) is 29.0 Å². The Morgan fingerprint density at radius 1 is 1.00 bits per heavy atom. The standard InChI is InChI=1S/C33H31F2N5O3/c1-42-22-8-6-20(28(14-22)43-2)17-40-18-27-31(32(40)41)26(15-25(37-27)30-23(34)4-3-5-24(30)35)38-29-9-7-21(16-36-29)39-13-12-33(19-39)10-11-33/h3-9,14-16,18,41H,10-13,17,19H2,1-2H3,(H,36,38). The van der Waals surface area contributed by atoms with Gasteiger partial charge in [0, 0.05) is 30.9 Å². The topological polar surface area (TPSA) is 84.7 Å². The highest BCUT2D eigenvalue weighted by molar-refractivity contribution is 5.99. The fourth-order valence-electron chi connectivity index (χ4n) is 6.03. The normalized spacial score (nSPS) is 15.3. The highest BCUT2D eigenvalue weighted by atomic mass is 19.1. The Morgan fingerprint density at radius 3 is 2.49 bits per heavy atom. The number of aromatic nitrogens is 3. The second kappa shape index (κ2) is 10.4. The molecule has 1 aliphatic carbocycles. The summed E-state index contributed by atoms with van der Waals surface area (Å²) in [5.41, 5.74) is 2.97. The Morgan fingerprint density at radius 2 is 1.81 bits per heavy atom. The number of ether oxygens (including phenoxy) is 2. The van der Waals surface area contributed by atoms with Gasteiger partial charge < -0.3 is 29.4 Å². The maximum absolute atomic E-state index is 14.9. The summed E-state index contributed by atoms with van der Waals surface area (Å²) in [6.45, 7) is 2.34. The second-order valence-corrected chi connectivity index (χ2v) is 11.4. The van der Waals surface area contributed by atoms with Crippen molar-refractivity contribution in [3.05, 3.63) is 84.2 Å². The van der Waals surface area contributed by atoms with Gasteiger partial charge in [-0.3, -0.25) is 0 Å². The average molecular weight is 584 g/mol. The molecule has 3 aromatic heterocycles. The number of benzene rings is 2. The van der Waals surface area contributed by atoms with Crippen molar-refractivity contribution in [1.29, 1.82) is 0 Å². The van der Waals surface area contributed by atoms with Crippen LogP contribution in [0.5, 0.6) is 17.4 Å². The van der Waals surface area contributed by atoms with Gasteiger partial charge in [-0.1, -0.05) is 6.07 Å². The molecule has 2 N–H and O–H groups in total. The van der Waals surface area contributed by atoms with Crippen molar-refractivity contribution < 1.29 is 23.4 Å². The van der Waals surface area contributed by atoms with E-state index in [1.807, 2.05) is 30.5 Å². The zero-order chi connectivity index (χ0) is 29.7. The minimum Gasteiger partial charge on any atom is -0.497 e. The van der Waals surface area contributed by atoms with E-state index in [-0.39, 0.29) is 23.7 Å². The van der Waals surface area contributed by atoms with Crippen molar-refractivity contribution in [1.82, 2.24) is 14.5 Å². The Hall–Kier alpha value is -4.86. The first-order chi connectivity index (χ1) is 20.9. The SMILES string of the molecule is COc1ccc(Cn2cc3nc(-c4c(F)cccc4F)cc(Nc4ccc(N5CCC6(CC6)C5)cn4)c3c2O)c(OC)c1. The molecule has 1 saturated carbocycles. The maximum Gasteiger partial charge on any atom is 0.203 e. The lowest BCUT2D eigenvalue weighted by Crippen LogP contribution is -2.20. The van der Waals surface area contributed by atoms with Crippen LogP contribution in [-0.4, -0.2) is 47.0 Å². The molecule has 2 aliphatic rings. The summed E-state index contributed by atoms with van der Waals surface area (Å²) in [5.74, 6) is 0.235. The summed E-state index contributed by atoms with van der Waals surface area (Å²) in [6, 6.07) is 14.6. The van der Waals surface area contributed by atoms with Gasteiger partial charge >= 0.3 is 0 Å². The molecule has 0 unspecified atom stereocenters. The first-order valence-electron chi connectivity index (χ1n) is 14.2. The zero-order valence-electron chi connectivity index (χ0n) is 23.9. The Bertz CT molecular complexity index is 1820. The van der Waals surface area contributed by atoms with Crippen LogP contribution in [0.3, 0.4) is 0 Å². The van der Waals surface area contributed by atoms with Gasteiger partial charge in [-0.25, -0.2) is 18.7 Å². The molecule has 2 aromatic carbocycles. The predicted octanol–water partition coefficient (Wildman–Crippen LogP) is 6.88. The van der Waals surface area contributed by atoms with Crippen LogP contribution in [0.1, 0.15) is 24.8 Å². The van der Waals surface area contributed by atoms with Gasteiger partial charge in [0.05, 0.1) is 60.5 Å². The fraction of sp³-hybridized carbons (Fsp3) is 0.273. The van der Waals surface area contributed by atoms with Gasteiger partial charge in [-0.05, 0) is 67.1 Å². The number of fused-ring (bicyclic) bond motifs is 1. The van der Waals surface area contributed by atoms with Crippen LogP contribution in [-0.2, 0) is 6.54 Å². The number of anilines is 3. The molecule has 8 nitrogen and oxygen atoms in total. The number of rotatable bonds is 8. The molecule has 1 saturated heterocycles. The molecule has 1 spiro atoms. The highest BCUT2D eigenvalue weighted by Gasteiger charge is 2.47. The minimum atomic E-state index is -0.731. The quantitative estimate of drug-likeness (QED) is 0.206. The number of aromatic hydroxyl groups is 1. The minimum absolute atomic E-state index is 0.0631. The molecular formula is C33H31F2N5O3. The van der Waals surface area contributed by atoms with E-state index in [1.165, 1.54) is 43.5 Å². The lowest BCUT2D eigenvalue weighted by molar-refractivity contribution is 0.387. The molecule has 10 heteroatoms. The molecule has 7 rings (SSSR count). The van der Waals surface area contributed by atoms with Crippen LogP contribution in [0.15, 0.2) is 67.0 Å². The van der Waals surface area contributed by atoms with Gasteiger partial charge in [0.2, 0.25) is 5.88 Å². The second-order valence-electron chi connectivity index (χ2n) is 11.4. The smallest absolute Gasteiger partial charge is 0.203 e. The molecule has 0 radical (unpaired) electrons. The third-order valence-corrected chi connectivity index (χ3v) is 8.65. The number of methoxy groups -OCH3 is 2. The lowest BCUT2D eigenvalue weighted by atomic mass is 10.1. The van der Waals surface area contributed by atoms with Crippen LogP contribution < -0.4 is 19.7 Å². The Kier molecular flexibility index (Phi) is 6.56. The first-order valence-corrected chi connectivity index (χ1v) is 14.2. The molecular weight excluding hydrogens is 552 g/mol. The molecule has 5 aromatic rings. The van der Waals surface area contributed by atoms with Gasteiger partial charge in [-0.2, -0.15) is 0 Å². The monoisotopic (exact) mass is 583 g/mol. The zero-order valence-corrected chi connectivity index (χ0v) is 23.9. The summed E-state index contributed by atoms with van der Waals surface area (Å²) in [4.78, 5) is 11.6. The van der Waals surface area contributed by atoms with Crippen LogP contribution >= 0.6 is 0 Å². The van der Waals surface area contributed by atoms with Crippen molar-refractivity contribution >= 4 is 28.1 Å². The summed E-state index contributed by atoms with van der Waals surface area (Å²) < 4.78 is 42.2. The Balaban J connectivity index is 1.28. The van der Waals surface area contributed by atoms with Crippen LogP contribution in [0.25, 0.3) is 22.2 Å². The highest BCUT2D eigenvalue weighted by Crippen LogP contribution is 2.53. The van der Waals surface area contributed by atoms with E-state index in [0.29, 0.717) is 39.3 Å². The number of hydrogen-bond donors (Lipinski definition) is 2. The van der Waals surface area contributed by atoms with E-state index >= 15 is 0 Å². The number of pyridine rings is 2. The number of nitrogens with one attached hydrogen (secondary N) is 1. The molecule has 0 amide bonds. The number of halogens is 2. The lowest BCUT2D eigenvalue weighted by Gasteiger charge is -2.18. The van der Waals surface area contributed by atoms with Gasteiger partial charge in [-0.15, -0.1) is 0 Å². The Labute approximate surface area is 247 Å². The van der Waals surface area contributed by atoms with Crippen LogP contribution in [0.4, 0.5) is 26.0 Å². The maximum atomic E-state index is 14.9. The predicted molar refractivity (Wildman–Crippen MR) is 161 cm³/mol. The molecule has 0 bridgehead atoms. The van der Waals surface area contributed by atoms with Crippen molar-refractivity contribution in [2.24, 2.45) is 5.41 Å². The summed E-state index contributed by atoms with van der Waals surface area (Å²) in [7, 11) is 3.14. The molecule has 1 aliphatic heterocycles. The van der Waals surface area contributed by atoms with Crippen LogP contribution in [0.2, 0.25) is 0 Å². The van der Waals surface area contributed by atoms with E-state index in [9.17, 15) is 13.9 Å². The fourth-order valence-corrected chi connectivity index (χ4v) is 6.03. The third-order valence-electron chi connectivity index (χ3n) is 8.65. The van der Waals surface area contributed by atoms with E-state index in [0.717, 1.165) is 24.3 Å². The first kappa shape index (κ1) is 27.0. The summed E-state index contributed by atoms with van der Waals surface area (Å²) in [6.07, 6.45) is 7.30. The van der Waals surface area contributed by atoms with Gasteiger partial charge in [0.25, 0.3) is 0 Å². The number of hydrogen-bond acceptors (Lipinski definition) is 7. The molecule has 4 heterocycles.